The predicted molar refractivity (Wildman–Crippen MR) is 281 cm³/mol. The molecule has 0 atom stereocenters. The van der Waals surface area contributed by atoms with Crippen LogP contribution in [0.4, 0.5) is 42.9 Å². The Balaban J connectivity index is 1.09. The third kappa shape index (κ3) is 7.11. The van der Waals surface area contributed by atoms with Crippen molar-refractivity contribution in [3.63, 3.8) is 0 Å². The molecule has 0 unspecified atom stereocenters. The molecule has 12 aromatic carbocycles. The lowest BCUT2D eigenvalue weighted by atomic mass is 9.90. The van der Waals surface area contributed by atoms with Gasteiger partial charge >= 0.3 is 0 Å². The standard InChI is InChI=1S/C64H42F2N2/c65-57-39-53(43-19-7-1-8-20-43)55(45-23-11-3-12-24-45)41-61(57)67(49-27-15-5-16-28-49)59-37-33-47-32-36-52-60(38-34-48-31-35-51(59)63(47)64(48)52)68(50-29-17-6-18-30-50)62-42-56(46-25-13-4-14-26-46)54(40-58(62)66)44-21-9-2-10-22-44/h1-42H. The molecule has 0 aromatic heterocycles. The molecule has 12 aromatic rings. The van der Waals surface area contributed by atoms with Crippen LogP contribution in [0.15, 0.2) is 255 Å². The quantitative estimate of drug-likeness (QED) is 0.126. The van der Waals surface area contributed by atoms with Gasteiger partial charge in [-0.05, 0) is 127 Å². The van der Waals surface area contributed by atoms with Crippen LogP contribution in [-0.4, -0.2) is 0 Å². The SMILES string of the molecule is Fc1cc(-c2ccccc2)c(-c2ccccc2)cc1N(c1ccccc1)c1ccc2ccc3c(N(c4ccccc4)c4cc(-c5ccccc5)c(-c5ccccc5)cc4F)ccc4ccc1c2c43. The normalized spacial score (nSPS) is 11.4. The van der Waals surface area contributed by atoms with Gasteiger partial charge in [-0.15, -0.1) is 0 Å². The summed E-state index contributed by atoms with van der Waals surface area (Å²) in [6.45, 7) is 0. The van der Waals surface area contributed by atoms with Crippen molar-refractivity contribution >= 4 is 66.4 Å². The second-order valence-electron chi connectivity index (χ2n) is 17.1. The van der Waals surface area contributed by atoms with Crippen molar-refractivity contribution in [2.75, 3.05) is 9.80 Å². The molecule has 12 rings (SSSR count). The average Bonchev–Trinajstić information content (AvgIpc) is 3.41. The van der Waals surface area contributed by atoms with Crippen LogP contribution >= 0.6 is 0 Å². The highest BCUT2D eigenvalue weighted by molar-refractivity contribution is 6.28. The van der Waals surface area contributed by atoms with E-state index in [4.69, 9.17) is 0 Å². The fraction of sp³-hybridized carbons (Fsp3) is 0. The Bertz CT molecular complexity index is 3480. The highest BCUT2D eigenvalue weighted by atomic mass is 19.1. The van der Waals surface area contributed by atoms with Gasteiger partial charge in [0.1, 0.15) is 11.6 Å². The molecule has 0 aliphatic rings. The van der Waals surface area contributed by atoms with Crippen molar-refractivity contribution in [3.05, 3.63) is 266 Å². The van der Waals surface area contributed by atoms with Gasteiger partial charge in [0.05, 0.1) is 22.7 Å². The molecule has 0 spiro atoms. The zero-order chi connectivity index (χ0) is 45.6. The first-order valence-electron chi connectivity index (χ1n) is 22.9. The Morgan fingerprint density at radius 3 is 0.853 bits per heavy atom. The second kappa shape index (κ2) is 17.2. The molecule has 0 amide bonds. The number of anilines is 6. The molecule has 322 valence electrons. The zero-order valence-electron chi connectivity index (χ0n) is 36.9. The van der Waals surface area contributed by atoms with Crippen LogP contribution in [0.1, 0.15) is 0 Å². The number of rotatable bonds is 10. The third-order valence-corrected chi connectivity index (χ3v) is 13.1. The number of hydrogen-bond donors (Lipinski definition) is 0. The molecule has 0 saturated heterocycles. The van der Waals surface area contributed by atoms with Gasteiger partial charge in [0, 0.05) is 22.1 Å². The summed E-state index contributed by atoms with van der Waals surface area (Å²) in [5, 5.41) is 6.11. The molecule has 0 N–H and O–H groups in total. The van der Waals surface area contributed by atoms with E-state index < -0.39 is 0 Å². The van der Waals surface area contributed by atoms with E-state index in [-0.39, 0.29) is 11.6 Å². The van der Waals surface area contributed by atoms with Crippen molar-refractivity contribution in [2.24, 2.45) is 0 Å². The predicted octanol–water partition coefficient (Wildman–Crippen LogP) is 18.5. The first-order chi connectivity index (χ1) is 33.6. The summed E-state index contributed by atoms with van der Waals surface area (Å²) in [6.07, 6.45) is 0. The van der Waals surface area contributed by atoms with E-state index >= 15 is 8.78 Å². The summed E-state index contributed by atoms with van der Waals surface area (Å²) in [7, 11) is 0. The third-order valence-electron chi connectivity index (χ3n) is 13.1. The lowest BCUT2D eigenvalue weighted by Crippen LogP contribution is -2.13. The summed E-state index contributed by atoms with van der Waals surface area (Å²) in [6, 6.07) is 84.9. The summed E-state index contributed by atoms with van der Waals surface area (Å²) >= 11 is 0. The summed E-state index contributed by atoms with van der Waals surface area (Å²) in [5.74, 6) is -0.678. The minimum absolute atomic E-state index is 0.339. The van der Waals surface area contributed by atoms with Crippen LogP contribution in [0.3, 0.4) is 0 Å². The van der Waals surface area contributed by atoms with Gasteiger partial charge in [0.25, 0.3) is 0 Å². The fourth-order valence-corrected chi connectivity index (χ4v) is 10.0. The number of nitrogens with zero attached hydrogens (tertiary/aromatic N) is 2. The van der Waals surface area contributed by atoms with Gasteiger partial charge in [0.2, 0.25) is 0 Å². The van der Waals surface area contributed by atoms with Crippen molar-refractivity contribution < 1.29 is 8.78 Å². The maximum Gasteiger partial charge on any atom is 0.147 e. The molecule has 68 heavy (non-hydrogen) atoms. The van der Waals surface area contributed by atoms with E-state index in [2.05, 4.69) is 72.8 Å². The Morgan fingerprint density at radius 1 is 0.250 bits per heavy atom. The number of benzene rings is 12. The van der Waals surface area contributed by atoms with Gasteiger partial charge in [-0.1, -0.05) is 194 Å². The number of halogens is 2. The molecule has 0 aliphatic carbocycles. The number of para-hydroxylation sites is 2. The molecular formula is C64H42F2N2. The minimum Gasteiger partial charge on any atom is -0.307 e. The van der Waals surface area contributed by atoms with Gasteiger partial charge < -0.3 is 9.80 Å². The van der Waals surface area contributed by atoms with E-state index in [1.54, 1.807) is 12.1 Å². The first kappa shape index (κ1) is 40.6. The Hall–Kier alpha value is -8.86. The smallest absolute Gasteiger partial charge is 0.147 e. The Morgan fingerprint density at radius 2 is 0.529 bits per heavy atom. The van der Waals surface area contributed by atoms with Gasteiger partial charge in [-0.3, -0.25) is 0 Å². The molecule has 0 radical (unpaired) electrons. The van der Waals surface area contributed by atoms with Crippen LogP contribution in [0.5, 0.6) is 0 Å². The van der Waals surface area contributed by atoms with Gasteiger partial charge in [-0.25, -0.2) is 8.78 Å². The Labute approximate surface area is 394 Å². The largest absolute Gasteiger partial charge is 0.307 e. The zero-order valence-corrected chi connectivity index (χ0v) is 36.9. The maximum absolute atomic E-state index is 17.3. The minimum atomic E-state index is -0.339. The average molecular weight is 877 g/mol. The maximum atomic E-state index is 17.3. The van der Waals surface area contributed by atoms with Crippen molar-refractivity contribution in [1.29, 1.82) is 0 Å². The summed E-state index contributed by atoms with van der Waals surface area (Å²) in [5.41, 5.74) is 11.6. The van der Waals surface area contributed by atoms with E-state index in [1.807, 2.05) is 180 Å². The lowest BCUT2D eigenvalue weighted by molar-refractivity contribution is 0.629. The van der Waals surface area contributed by atoms with Crippen molar-refractivity contribution in [3.8, 4) is 44.5 Å². The first-order valence-corrected chi connectivity index (χ1v) is 22.9. The molecule has 0 aliphatic heterocycles. The molecule has 2 nitrogen and oxygen atoms in total. The van der Waals surface area contributed by atoms with Gasteiger partial charge in [-0.2, -0.15) is 0 Å². The topological polar surface area (TPSA) is 6.48 Å². The van der Waals surface area contributed by atoms with Crippen LogP contribution in [0.2, 0.25) is 0 Å². The van der Waals surface area contributed by atoms with Crippen LogP contribution in [0.25, 0.3) is 76.8 Å². The summed E-state index contributed by atoms with van der Waals surface area (Å²) < 4.78 is 34.7. The fourth-order valence-electron chi connectivity index (χ4n) is 10.0. The lowest BCUT2D eigenvalue weighted by Gasteiger charge is -2.30. The van der Waals surface area contributed by atoms with E-state index in [9.17, 15) is 0 Å². The molecule has 0 saturated carbocycles. The monoisotopic (exact) mass is 876 g/mol. The second-order valence-corrected chi connectivity index (χ2v) is 17.1. The highest BCUT2D eigenvalue weighted by Crippen LogP contribution is 2.50. The molecule has 0 heterocycles. The molecule has 0 bridgehead atoms. The highest BCUT2D eigenvalue weighted by Gasteiger charge is 2.26. The van der Waals surface area contributed by atoms with Gasteiger partial charge in [0.15, 0.2) is 0 Å². The van der Waals surface area contributed by atoms with E-state index in [0.717, 1.165) is 99.6 Å². The number of hydrogen-bond acceptors (Lipinski definition) is 2. The molecular weight excluding hydrogens is 835 g/mol. The molecule has 0 fully saturated rings. The van der Waals surface area contributed by atoms with Crippen molar-refractivity contribution in [2.45, 2.75) is 0 Å². The van der Waals surface area contributed by atoms with E-state index in [0.29, 0.717) is 11.4 Å². The van der Waals surface area contributed by atoms with E-state index in [1.165, 1.54) is 0 Å². The van der Waals surface area contributed by atoms with Crippen LogP contribution < -0.4 is 9.80 Å². The summed E-state index contributed by atoms with van der Waals surface area (Å²) in [4.78, 5) is 4.10. The molecule has 4 heteroatoms. The van der Waals surface area contributed by atoms with Crippen LogP contribution in [0, 0.1) is 11.6 Å². The van der Waals surface area contributed by atoms with Crippen molar-refractivity contribution in [1.82, 2.24) is 0 Å². The van der Waals surface area contributed by atoms with Crippen LogP contribution in [-0.2, 0) is 0 Å². The Kier molecular flexibility index (Phi) is 10.3.